The molecule has 0 bridgehead atoms. The summed E-state index contributed by atoms with van der Waals surface area (Å²) < 4.78 is 2.64. The minimum absolute atomic E-state index is 0.415. The summed E-state index contributed by atoms with van der Waals surface area (Å²) >= 11 is 0. The van der Waals surface area contributed by atoms with Crippen molar-refractivity contribution < 1.29 is 0 Å². The van der Waals surface area contributed by atoms with E-state index in [1.807, 2.05) is 0 Å². The molecule has 1 atom stereocenters. The second-order valence-corrected chi connectivity index (χ2v) is 11.0. The SMILES string of the molecule is Cc1cccc(CC(CCN[C@H]2CC[C@H](N)CC2)c2cn(C3CCCCC3)c3ccccc23)c1. The number of fused-ring (bicyclic) bond motifs is 1. The van der Waals surface area contributed by atoms with Crippen LogP contribution in [0.2, 0.25) is 0 Å². The van der Waals surface area contributed by atoms with E-state index in [-0.39, 0.29) is 0 Å². The highest BCUT2D eigenvalue weighted by molar-refractivity contribution is 5.84. The Morgan fingerprint density at radius 3 is 2.53 bits per heavy atom. The van der Waals surface area contributed by atoms with Crippen LogP contribution in [0.4, 0.5) is 0 Å². The quantitative estimate of drug-likeness (QED) is 0.381. The number of aromatic nitrogens is 1. The van der Waals surface area contributed by atoms with Gasteiger partial charge in [0.05, 0.1) is 0 Å². The molecule has 5 rings (SSSR count). The van der Waals surface area contributed by atoms with Gasteiger partial charge in [-0.05, 0) is 87.9 Å². The highest BCUT2D eigenvalue weighted by Gasteiger charge is 2.24. The smallest absolute Gasteiger partial charge is 0.0485 e. The van der Waals surface area contributed by atoms with Crippen LogP contribution >= 0.6 is 0 Å². The van der Waals surface area contributed by atoms with Crippen LogP contribution in [-0.2, 0) is 6.42 Å². The molecule has 0 aliphatic heterocycles. The van der Waals surface area contributed by atoms with Crippen LogP contribution in [-0.4, -0.2) is 23.2 Å². The predicted octanol–water partition coefficient (Wildman–Crippen LogP) is 7.03. The van der Waals surface area contributed by atoms with E-state index >= 15 is 0 Å². The zero-order chi connectivity index (χ0) is 23.3. The Kier molecular flexibility index (Phi) is 7.71. The van der Waals surface area contributed by atoms with E-state index < -0.39 is 0 Å². The largest absolute Gasteiger partial charge is 0.344 e. The van der Waals surface area contributed by atoms with Crippen LogP contribution in [0.3, 0.4) is 0 Å². The molecule has 2 saturated carbocycles. The fourth-order valence-corrected chi connectivity index (χ4v) is 6.49. The maximum Gasteiger partial charge on any atom is 0.0485 e. The van der Waals surface area contributed by atoms with E-state index in [4.69, 9.17) is 5.73 Å². The molecule has 0 saturated heterocycles. The molecular formula is C31H43N3. The first kappa shape index (κ1) is 23.6. The van der Waals surface area contributed by atoms with Gasteiger partial charge in [-0.3, -0.25) is 0 Å². The molecule has 3 nitrogen and oxygen atoms in total. The molecule has 2 aliphatic rings. The predicted molar refractivity (Wildman–Crippen MR) is 145 cm³/mol. The van der Waals surface area contributed by atoms with Gasteiger partial charge in [-0.25, -0.2) is 0 Å². The molecule has 1 unspecified atom stereocenters. The Morgan fingerprint density at radius 2 is 1.74 bits per heavy atom. The lowest BCUT2D eigenvalue weighted by molar-refractivity contribution is 0.338. The summed E-state index contributed by atoms with van der Waals surface area (Å²) in [6.07, 6.45) is 16.4. The van der Waals surface area contributed by atoms with E-state index in [0.717, 1.165) is 13.0 Å². The van der Waals surface area contributed by atoms with Crippen molar-refractivity contribution in [3.63, 3.8) is 0 Å². The number of hydrogen-bond donors (Lipinski definition) is 2. The molecule has 3 N–H and O–H groups in total. The molecule has 0 spiro atoms. The monoisotopic (exact) mass is 457 g/mol. The summed E-state index contributed by atoms with van der Waals surface area (Å²) in [5.41, 5.74) is 11.9. The van der Waals surface area contributed by atoms with Crippen LogP contribution in [0, 0.1) is 6.92 Å². The molecule has 3 heteroatoms. The van der Waals surface area contributed by atoms with Crippen molar-refractivity contribution >= 4 is 10.9 Å². The number of hydrogen-bond acceptors (Lipinski definition) is 2. The van der Waals surface area contributed by atoms with Gasteiger partial charge in [0.2, 0.25) is 0 Å². The molecule has 1 heterocycles. The molecule has 2 fully saturated rings. The molecule has 2 aromatic carbocycles. The van der Waals surface area contributed by atoms with E-state index in [1.165, 1.54) is 86.2 Å². The van der Waals surface area contributed by atoms with Crippen molar-refractivity contribution in [3.05, 3.63) is 71.4 Å². The summed E-state index contributed by atoms with van der Waals surface area (Å²) in [5, 5.41) is 5.36. The van der Waals surface area contributed by atoms with E-state index in [9.17, 15) is 0 Å². The topological polar surface area (TPSA) is 43.0 Å². The van der Waals surface area contributed by atoms with E-state index in [1.54, 1.807) is 5.56 Å². The van der Waals surface area contributed by atoms with Gasteiger partial charge in [0.15, 0.2) is 0 Å². The average molecular weight is 458 g/mol. The molecule has 3 aromatic rings. The van der Waals surface area contributed by atoms with Crippen LogP contribution in [0.25, 0.3) is 10.9 Å². The second kappa shape index (κ2) is 11.1. The molecular weight excluding hydrogens is 414 g/mol. The number of benzene rings is 2. The van der Waals surface area contributed by atoms with Gasteiger partial charge in [0.25, 0.3) is 0 Å². The Balaban J connectivity index is 1.40. The van der Waals surface area contributed by atoms with Crippen molar-refractivity contribution in [3.8, 4) is 0 Å². The number of para-hydroxylation sites is 1. The highest BCUT2D eigenvalue weighted by atomic mass is 15.0. The van der Waals surface area contributed by atoms with Crippen molar-refractivity contribution in [2.75, 3.05) is 6.54 Å². The van der Waals surface area contributed by atoms with Crippen LogP contribution in [0.5, 0.6) is 0 Å². The fraction of sp³-hybridized carbons (Fsp3) is 0.548. The fourth-order valence-electron chi connectivity index (χ4n) is 6.49. The Morgan fingerprint density at radius 1 is 0.941 bits per heavy atom. The van der Waals surface area contributed by atoms with E-state index in [0.29, 0.717) is 24.0 Å². The first-order valence-electron chi connectivity index (χ1n) is 13.8. The average Bonchev–Trinajstić information content (AvgIpc) is 3.25. The number of nitrogens with one attached hydrogen (secondary N) is 1. The third kappa shape index (κ3) is 5.58. The third-order valence-electron chi connectivity index (χ3n) is 8.44. The standard InChI is InChI=1S/C31H43N3/c1-23-8-7-9-24(20-23)21-25(18-19-33-27-16-14-26(32)15-17-27)30-22-34(28-10-3-2-4-11-28)31-13-6-5-12-29(30)31/h5-9,12-13,20,22,25-28,33H,2-4,10-11,14-19,21,32H2,1H3/t25?,26-,27-. The maximum absolute atomic E-state index is 6.13. The number of rotatable bonds is 8. The zero-order valence-corrected chi connectivity index (χ0v) is 21.0. The van der Waals surface area contributed by atoms with Gasteiger partial charge < -0.3 is 15.6 Å². The Hall–Kier alpha value is -2.10. The molecule has 34 heavy (non-hydrogen) atoms. The first-order chi connectivity index (χ1) is 16.7. The van der Waals surface area contributed by atoms with Gasteiger partial charge in [0, 0.05) is 35.2 Å². The lowest BCUT2D eigenvalue weighted by Crippen LogP contribution is -2.38. The van der Waals surface area contributed by atoms with Crippen LogP contribution in [0.1, 0.15) is 92.9 Å². The molecule has 0 amide bonds. The zero-order valence-electron chi connectivity index (χ0n) is 21.0. The van der Waals surface area contributed by atoms with Crippen LogP contribution < -0.4 is 11.1 Å². The molecule has 2 aliphatic carbocycles. The summed E-state index contributed by atoms with van der Waals surface area (Å²) in [7, 11) is 0. The number of aryl methyl sites for hydroxylation is 1. The van der Waals surface area contributed by atoms with Crippen molar-refractivity contribution in [1.29, 1.82) is 0 Å². The maximum atomic E-state index is 6.13. The highest BCUT2D eigenvalue weighted by Crippen LogP contribution is 2.37. The van der Waals surface area contributed by atoms with Crippen molar-refractivity contribution in [2.45, 2.75) is 102 Å². The van der Waals surface area contributed by atoms with Crippen LogP contribution in [0.15, 0.2) is 54.7 Å². The lowest BCUT2D eigenvalue weighted by Gasteiger charge is -2.28. The summed E-state index contributed by atoms with van der Waals surface area (Å²) in [6.45, 7) is 3.29. The second-order valence-electron chi connectivity index (χ2n) is 11.0. The Labute approximate surface area is 206 Å². The van der Waals surface area contributed by atoms with Gasteiger partial charge in [-0.1, -0.05) is 67.3 Å². The van der Waals surface area contributed by atoms with Gasteiger partial charge in [0.1, 0.15) is 0 Å². The normalized spacial score (nSPS) is 22.8. The third-order valence-corrected chi connectivity index (χ3v) is 8.44. The summed E-state index contributed by atoms with van der Waals surface area (Å²) in [4.78, 5) is 0. The summed E-state index contributed by atoms with van der Waals surface area (Å²) in [6, 6.07) is 20.0. The molecule has 0 radical (unpaired) electrons. The van der Waals surface area contributed by atoms with Crippen molar-refractivity contribution in [1.82, 2.24) is 9.88 Å². The van der Waals surface area contributed by atoms with Gasteiger partial charge in [-0.2, -0.15) is 0 Å². The summed E-state index contributed by atoms with van der Waals surface area (Å²) in [5.74, 6) is 0.523. The number of nitrogens with two attached hydrogens (primary N) is 1. The molecule has 182 valence electrons. The Bertz CT molecular complexity index is 1050. The lowest BCUT2D eigenvalue weighted by atomic mass is 9.88. The minimum Gasteiger partial charge on any atom is -0.344 e. The van der Waals surface area contributed by atoms with Gasteiger partial charge >= 0.3 is 0 Å². The van der Waals surface area contributed by atoms with Gasteiger partial charge in [-0.15, -0.1) is 0 Å². The van der Waals surface area contributed by atoms with Crippen molar-refractivity contribution in [2.24, 2.45) is 5.73 Å². The number of nitrogens with zero attached hydrogens (tertiary/aromatic N) is 1. The van der Waals surface area contributed by atoms with E-state index in [2.05, 4.69) is 71.5 Å². The molecule has 1 aromatic heterocycles. The minimum atomic E-state index is 0.415. The first-order valence-corrected chi connectivity index (χ1v) is 13.8.